The van der Waals surface area contributed by atoms with Crippen molar-refractivity contribution in [1.82, 2.24) is 4.98 Å². The first-order valence-corrected chi connectivity index (χ1v) is 5.70. The number of hydrogen-bond donors (Lipinski definition) is 0. The molecule has 3 nitrogen and oxygen atoms in total. The summed E-state index contributed by atoms with van der Waals surface area (Å²) in [7, 11) is 0. The zero-order valence-electron chi connectivity index (χ0n) is 9.25. The van der Waals surface area contributed by atoms with E-state index >= 15 is 0 Å². The van der Waals surface area contributed by atoms with Crippen LogP contribution in [0.1, 0.15) is 12.1 Å². The largest absolute Gasteiger partial charge is 0.433 e. The first kappa shape index (κ1) is 13.1. The lowest BCUT2D eigenvalue weighted by Gasteiger charge is -2.40. The van der Waals surface area contributed by atoms with E-state index in [2.05, 4.69) is 4.98 Å². The molecule has 98 valence electrons. The van der Waals surface area contributed by atoms with Crippen LogP contribution in [0, 0.1) is 5.92 Å². The molecule has 2 heterocycles. The fraction of sp³-hybridized carbons (Fsp3) is 0.455. The minimum Gasteiger partial charge on any atom is -0.371 e. The average molecular weight is 279 g/mol. The molecule has 1 saturated heterocycles. The molecule has 18 heavy (non-hydrogen) atoms. The lowest BCUT2D eigenvalue weighted by molar-refractivity contribution is -0.141. The van der Waals surface area contributed by atoms with Gasteiger partial charge in [-0.3, -0.25) is 9.78 Å². The molecule has 0 N–H and O–H groups in total. The molecule has 2 rings (SSSR count). The van der Waals surface area contributed by atoms with E-state index in [1.807, 2.05) is 0 Å². The van der Waals surface area contributed by atoms with Crippen molar-refractivity contribution in [2.75, 3.05) is 18.0 Å². The molecule has 1 fully saturated rings. The number of anilines is 1. The maximum Gasteiger partial charge on any atom is 0.433 e. The number of nitrogens with zero attached hydrogens (tertiary/aromatic N) is 2. The SMILES string of the molecule is O=C(Cl)CC1CN(c2ccnc(C(F)(F)F)c2)C1. The van der Waals surface area contributed by atoms with Crippen LogP contribution in [0.2, 0.25) is 0 Å². The minimum absolute atomic E-state index is 0.123. The third-order valence-electron chi connectivity index (χ3n) is 2.81. The van der Waals surface area contributed by atoms with Gasteiger partial charge in [0.25, 0.3) is 0 Å². The Morgan fingerprint density at radius 2 is 2.17 bits per heavy atom. The van der Waals surface area contributed by atoms with E-state index in [1.165, 1.54) is 6.07 Å². The summed E-state index contributed by atoms with van der Waals surface area (Å²) in [5, 5.41) is -0.412. The van der Waals surface area contributed by atoms with Crippen molar-refractivity contribution in [3.8, 4) is 0 Å². The number of rotatable bonds is 3. The maximum absolute atomic E-state index is 12.5. The van der Waals surface area contributed by atoms with Crippen LogP contribution in [0.15, 0.2) is 18.3 Å². The number of hydrogen-bond acceptors (Lipinski definition) is 3. The Balaban J connectivity index is 2.02. The highest BCUT2D eigenvalue weighted by molar-refractivity contribution is 6.63. The van der Waals surface area contributed by atoms with E-state index in [9.17, 15) is 18.0 Å². The molecule has 0 saturated carbocycles. The van der Waals surface area contributed by atoms with Crippen molar-refractivity contribution in [3.05, 3.63) is 24.0 Å². The van der Waals surface area contributed by atoms with Crippen LogP contribution in [0.3, 0.4) is 0 Å². The summed E-state index contributed by atoms with van der Waals surface area (Å²) in [6, 6.07) is 2.53. The zero-order valence-corrected chi connectivity index (χ0v) is 10.0. The van der Waals surface area contributed by atoms with Gasteiger partial charge in [-0.05, 0) is 23.7 Å². The van der Waals surface area contributed by atoms with Crippen LogP contribution in [-0.4, -0.2) is 23.3 Å². The molecule has 1 aromatic heterocycles. The number of alkyl halides is 3. The molecular weight excluding hydrogens is 269 g/mol. The summed E-state index contributed by atoms with van der Waals surface area (Å²) in [6.07, 6.45) is -3.04. The van der Waals surface area contributed by atoms with Crippen molar-refractivity contribution in [2.45, 2.75) is 12.6 Å². The van der Waals surface area contributed by atoms with Gasteiger partial charge in [0.1, 0.15) is 5.69 Å². The van der Waals surface area contributed by atoms with Crippen LogP contribution >= 0.6 is 11.6 Å². The molecule has 0 spiro atoms. The second-order valence-corrected chi connectivity index (χ2v) is 4.65. The van der Waals surface area contributed by atoms with Gasteiger partial charge in [0.15, 0.2) is 0 Å². The molecule has 0 amide bonds. The monoisotopic (exact) mass is 278 g/mol. The standard InChI is InChI=1S/C11H10ClF3N2O/c12-10(18)3-7-5-17(6-7)8-1-2-16-9(4-8)11(13,14)15/h1-2,4,7H,3,5-6H2. The van der Waals surface area contributed by atoms with Gasteiger partial charge < -0.3 is 4.90 Å². The smallest absolute Gasteiger partial charge is 0.371 e. The number of carbonyl (C=O) groups excluding carboxylic acids is 1. The molecule has 1 aliphatic rings. The second kappa shape index (κ2) is 4.76. The molecule has 7 heteroatoms. The maximum atomic E-state index is 12.5. The Bertz CT molecular complexity index is 458. The quantitative estimate of drug-likeness (QED) is 0.797. The first-order chi connectivity index (χ1) is 8.36. The van der Waals surface area contributed by atoms with Gasteiger partial charge in [0.2, 0.25) is 5.24 Å². The Morgan fingerprint density at radius 3 is 2.72 bits per heavy atom. The van der Waals surface area contributed by atoms with Crippen molar-refractivity contribution in [2.24, 2.45) is 5.92 Å². The third kappa shape index (κ3) is 2.93. The predicted octanol–water partition coefficient (Wildman–Crippen LogP) is 2.69. The third-order valence-corrected chi connectivity index (χ3v) is 2.96. The Hall–Kier alpha value is -1.30. The lowest BCUT2D eigenvalue weighted by Crippen LogP contribution is -2.47. The van der Waals surface area contributed by atoms with Gasteiger partial charge in [-0.2, -0.15) is 13.2 Å². The second-order valence-electron chi connectivity index (χ2n) is 4.23. The van der Waals surface area contributed by atoms with E-state index in [1.54, 1.807) is 4.90 Å². The first-order valence-electron chi connectivity index (χ1n) is 5.33. The van der Waals surface area contributed by atoms with E-state index in [0.717, 1.165) is 12.3 Å². The van der Waals surface area contributed by atoms with Gasteiger partial charge in [0, 0.05) is 37.3 Å². The van der Waals surface area contributed by atoms with Gasteiger partial charge >= 0.3 is 6.18 Å². The Morgan fingerprint density at radius 1 is 1.50 bits per heavy atom. The normalized spacial score (nSPS) is 16.6. The molecule has 0 unspecified atom stereocenters. The van der Waals surface area contributed by atoms with Gasteiger partial charge in [-0.15, -0.1) is 0 Å². The van der Waals surface area contributed by atoms with Crippen LogP contribution in [0.5, 0.6) is 0 Å². The van der Waals surface area contributed by atoms with Crippen molar-refractivity contribution >= 4 is 22.5 Å². The molecule has 0 aliphatic carbocycles. The fourth-order valence-electron chi connectivity index (χ4n) is 1.91. The molecule has 1 aliphatic heterocycles. The highest BCUT2D eigenvalue weighted by atomic mass is 35.5. The number of carbonyl (C=O) groups is 1. The highest BCUT2D eigenvalue weighted by Crippen LogP contribution is 2.32. The Kier molecular flexibility index (Phi) is 3.47. The number of pyridine rings is 1. The molecule has 0 atom stereocenters. The number of aromatic nitrogens is 1. The van der Waals surface area contributed by atoms with E-state index < -0.39 is 17.1 Å². The van der Waals surface area contributed by atoms with Crippen molar-refractivity contribution < 1.29 is 18.0 Å². The van der Waals surface area contributed by atoms with Gasteiger partial charge in [0.05, 0.1) is 0 Å². The highest BCUT2D eigenvalue weighted by Gasteiger charge is 2.34. The van der Waals surface area contributed by atoms with Crippen molar-refractivity contribution in [3.63, 3.8) is 0 Å². The summed E-state index contributed by atoms with van der Waals surface area (Å²) in [5.74, 6) is 0.123. The summed E-state index contributed by atoms with van der Waals surface area (Å²) >= 11 is 5.25. The molecule has 0 radical (unpaired) electrons. The van der Waals surface area contributed by atoms with E-state index in [4.69, 9.17) is 11.6 Å². The minimum atomic E-state index is -4.44. The zero-order chi connectivity index (χ0) is 13.3. The summed E-state index contributed by atoms with van der Waals surface area (Å²) in [4.78, 5) is 15.7. The van der Waals surface area contributed by atoms with E-state index in [-0.39, 0.29) is 12.3 Å². The molecule has 0 aromatic carbocycles. The van der Waals surface area contributed by atoms with E-state index in [0.29, 0.717) is 18.8 Å². The summed E-state index contributed by atoms with van der Waals surface area (Å²) in [5.41, 5.74) is -0.438. The van der Waals surface area contributed by atoms with Gasteiger partial charge in [-0.1, -0.05) is 0 Å². The average Bonchev–Trinajstić information content (AvgIpc) is 2.21. The van der Waals surface area contributed by atoms with Crippen LogP contribution in [0.4, 0.5) is 18.9 Å². The topological polar surface area (TPSA) is 33.2 Å². The molecule has 1 aromatic rings. The Labute approximate surface area is 107 Å². The predicted molar refractivity (Wildman–Crippen MR) is 60.4 cm³/mol. The summed E-state index contributed by atoms with van der Waals surface area (Å²) < 4.78 is 37.4. The number of halogens is 4. The van der Waals surface area contributed by atoms with Crippen LogP contribution in [0.25, 0.3) is 0 Å². The summed E-state index contributed by atoms with van der Waals surface area (Å²) in [6.45, 7) is 1.08. The van der Waals surface area contributed by atoms with Crippen LogP contribution < -0.4 is 4.90 Å². The molecular formula is C11H10ClF3N2O. The van der Waals surface area contributed by atoms with Gasteiger partial charge in [-0.25, -0.2) is 0 Å². The lowest BCUT2D eigenvalue weighted by atomic mass is 9.96. The van der Waals surface area contributed by atoms with Crippen molar-refractivity contribution in [1.29, 1.82) is 0 Å². The fourth-order valence-corrected chi connectivity index (χ4v) is 2.13. The molecule has 0 bridgehead atoms. The van der Waals surface area contributed by atoms with Crippen LogP contribution in [-0.2, 0) is 11.0 Å².